The largest absolute Gasteiger partial charge is 0.396 e. The molecule has 0 radical (unpaired) electrons. The number of allylic oxidation sites excluding steroid dienone is 4. The van der Waals surface area contributed by atoms with E-state index >= 15 is 0 Å². The average Bonchev–Trinajstić information content (AvgIpc) is 3.23. The van der Waals surface area contributed by atoms with Crippen LogP contribution in [0, 0.1) is 5.82 Å². The van der Waals surface area contributed by atoms with E-state index < -0.39 is 50.3 Å². The maximum Gasteiger partial charge on any atom is 0.333 e. The zero-order chi connectivity index (χ0) is 29.5. The van der Waals surface area contributed by atoms with Crippen LogP contribution in [0.3, 0.4) is 0 Å². The van der Waals surface area contributed by atoms with Gasteiger partial charge in [-0.25, -0.2) is 13.8 Å². The number of aliphatic hydroxyl groups is 3. The topological polar surface area (TPSA) is 205 Å². The number of aromatic nitrogens is 3. The summed E-state index contributed by atoms with van der Waals surface area (Å²) in [6.45, 7) is -0.478. The maximum atomic E-state index is 14.3. The molecular formula is C22H31FN3O10P3. The van der Waals surface area contributed by atoms with Crippen molar-refractivity contribution in [3.8, 4) is 0 Å². The molecule has 2 aromatic rings. The van der Waals surface area contributed by atoms with Crippen molar-refractivity contribution in [2.45, 2.75) is 50.3 Å². The molecule has 6 unspecified atom stereocenters. The fourth-order valence-electron chi connectivity index (χ4n) is 3.96. The van der Waals surface area contributed by atoms with Gasteiger partial charge in [0, 0.05) is 24.4 Å². The summed E-state index contributed by atoms with van der Waals surface area (Å²) >= 11 is 0. The highest BCUT2D eigenvalue weighted by molar-refractivity contribution is 7.16. The van der Waals surface area contributed by atoms with Gasteiger partial charge in [-0.2, -0.15) is 0 Å². The first-order valence-electron chi connectivity index (χ1n) is 11.3. The van der Waals surface area contributed by atoms with Crippen LogP contribution in [0.4, 0.5) is 4.39 Å². The quantitative estimate of drug-likeness (QED) is 0.242. The van der Waals surface area contributed by atoms with E-state index in [2.05, 4.69) is 4.98 Å². The highest BCUT2D eigenvalue weighted by Crippen LogP contribution is 2.30. The zero-order valence-electron chi connectivity index (χ0n) is 20.5. The van der Waals surface area contributed by atoms with E-state index in [0.29, 0.717) is 16.8 Å². The van der Waals surface area contributed by atoms with Gasteiger partial charge in [0.05, 0.1) is 24.5 Å². The summed E-state index contributed by atoms with van der Waals surface area (Å²) in [4.78, 5) is 50.3. The van der Waals surface area contributed by atoms with Crippen molar-refractivity contribution in [2.75, 3.05) is 6.61 Å². The summed E-state index contributed by atoms with van der Waals surface area (Å²) in [5.41, 5.74) is -0.0239. The normalized spacial score (nSPS) is 21.5. The molecule has 0 saturated carbocycles. The Morgan fingerprint density at radius 2 is 1.82 bits per heavy atom. The van der Waals surface area contributed by atoms with Crippen LogP contribution in [0.25, 0.3) is 5.57 Å². The molecule has 13 nitrogen and oxygen atoms in total. The van der Waals surface area contributed by atoms with Gasteiger partial charge in [0.1, 0.15) is 18.0 Å². The predicted octanol–water partition coefficient (Wildman–Crippen LogP) is 0.0504. The number of hydrogen-bond acceptors (Lipinski definition) is 10. The number of hydrogen-bond donors (Lipinski definition) is 6. The molecule has 3 heterocycles. The minimum absolute atomic E-state index is 0.0791. The van der Waals surface area contributed by atoms with Crippen molar-refractivity contribution in [1.82, 2.24) is 14.1 Å². The molecule has 0 bridgehead atoms. The van der Waals surface area contributed by atoms with Crippen LogP contribution in [0.5, 0.6) is 0 Å². The first-order chi connectivity index (χ1) is 18.8. The van der Waals surface area contributed by atoms with Crippen molar-refractivity contribution < 1.29 is 43.7 Å². The van der Waals surface area contributed by atoms with Gasteiger partial charge in [0.2, 0.25) is 0 Å². The molecule has 0 amide bonds. The van der Waals surface area contributed by atoms with E-state index in [1.165, 1.54) is 31.2 Å². The number of nitrogens with zero attached hydrogens (tertiary/aromatic N) is 3. The average molecular weight is 609 g/mol. The fourth-order valence-corrected chi connectivity index (χ4v) is 3.96. The summed E-state index contributed by atoms with van der Waals surface area (Å²) in [7, 11) is 2.00. The van der Waals surface area contributed by atoms with Crippen molar-refractivity contribution >= 4 is 33.2 Å². The molecule has 2 aliphatic rings. The lowest BCUT2D eigenvalue weighted by molar-refractivity contribution is -0.0458. The predicted molar refractivity (Wildman–Crippen MR) is 146 cm³/mol. The summed E-state index contributed by atoms with van der Waals surface area (Å²) in [6.07, 6.45) is 4.87. The summed E-state index contributed by atoms with van der Waals surface area (Å²) in [5.74, 6) is -0.504. The van der Waals surface area contributed by atoms with Crippen LogP contribution in [-0.4, -0.2) is 69.0 Å². The third-order valence-electron chi connectivity index (χ3n) is 5.66. The minimum Gasteiger partial charge on any atom is -0.396 e. The number of rotatable bonds is 6. The van der Waals surface area contributed by atoms with Crippen LogP contribution in [0.15, 0.2) is 52.3 Å². The first kappa shape index (κ1) is 34.9. The third kappa shape index (κ3) is 9.23. The molecule has 1 fully saturated rings. The standard InChI is InChI=1S/C22H24FN3O6.HO2P.2H3OP/c23-16-11-24-14(10-15(16)13-4-2-1-3-5-13)12-26-18(28)6-8-25(22(26)31)21-20(30)19(29)17(32-21)7-9-27;1-3-2;2*1-2/h2,4-6,8,10-11,17,19-21,27,29-30H,1,3,7,9,12H2;(H,1,2);2*1H,2H2. The molecule has 0 spiro atoms. The van der Waals surface area contributed by atoms with E-state index in [0.717, 1.165) is 34.2 Å². The van der Waals surface area contributed by atoms with Crippen LogP contribution in [-0.2, 0) is 15.8 Å². The lowest BCUT2D eigenvalue weighted by Crippen LogP contribution is -2.43. The van der Waals surface area contributed by atoms with E-state index in [-0.39, 0.29) is 19.6 Å². The molecule has 1 saturated heterocycles. The second kappa shape index (κ2) is 18.3. The van der Waals surface area contributed by atoms with Crippen molar-refractivity contribution in [3.05, 3.63) is 80.7 Å². The summed E-state index contributed by atoms with van der Waals surface area (Å²) in [5, 5.41) is 29.5. The second-order valence-corrected chi connectivity index (χ2v) is 8.03. The molecule has 0 aromatic carbocycles. The van der Waals surface area contributed by atoms with Gasteiger partial charge in [-0.3, -0.25) is 18.9 Å². The molecule has 1 aliphatic carbocycles. The Kier molecular flexibility index (Phi) is 16.4. The van der Waals surface area contributed by atoms with Crippen molar-refractivity contribution in [2.24, 2.45) is 0 Å². The van der Waals surface area contributed by atoms with Gasteiger partial charge >= 0.3 is 14.4 Å². The Hall–Kier alpha value is -2.08. The maximum absolute atomic E-state index is 14.3. The molecule has 17 heteroatoms. The molecule has 216 valence electrons. The van der Waals surface area contributed by atoms with Crippen molar-refractivity contribution in [1.29, 1.82) is 0 Å². The number of halogens is 1. The summed E-state index contributed by atoms with van der Waals surface area (Å²) < 4.78 is 30.3. The number of ether oxygens (including phenoxy) is 1. The molecule has 6 N–H and O–H groups in total. The molecular weight excluding hydrogens is 578 g/mol. The third-order valence-corrected chi connectivity index (χ3v) is 5.66. The Labute approximate surface area is 228 Å². The fraction of sp³-hybridized carbons (Fsp3) is 0.409. The lowest BCUT2D eigenvalue weighted by Gasteiger charge is -2.19. The number of aliphatic hydroxyl groups excluding tert-OH is 3. The lowest BCUT2D eigenvalue weighted by atomic mass is 9.99. The van der Waals surface area contributed by atoms with E-state index in [1.54, 1.807) is 0 Å². The van der Waals surface area contributed by atoms with Crippen molar-refractivity contribution in [3.63, 3.8) is 0 Å². The van der Waals surface area contributed by atoms with Crippen LogP contribution < -0.4 is 11.2 Å². The molecule has 2 aromatic heterocycles. The van der Waals surface area contributed by atoms with Gasteiger partial charge in [0.15, 0.2) is 6.23 Å². The molecule has 6 atom stereocenters. The van der Waals surface area contributed by atoms with E-state index in [4.69, 9.17) is 29.1 Å². The van der Waals surface area contributed by atoms with Gasteiger partial charge in [-0.05, 0) is 49.8 Å². The van der Waals surface area contributed by atoms with Gasteiger partial charge in [-0.1, -0.05) is 18.2 Å². The van der Waals surface area contributed by atoms with E-state index in [1.807, 2.05) is 18.2 Å². The minimum atomic E-state index is -1.42. The van der Waals surface area contributed by atoms with Crippen LogP contribution in [0.1, 0.15) is 36.7 Å². The van der Waals surface area contributed by atoms with Gasteiger partial charge < -0.3 is 34.7 Å². The SMILES string of the molecule is O=PO.O=c1ccn(C2OC(CCO)C(O)C2O)c(=O)n1Cc1cc(C2=CCCC=C2)c(F)cn1.OP.OP. The highest BCUT2D eigenvalue weighted by atomic mass is 31.1. The van der Waals surface area contributed by atoms with Crippen LogP contribution in [0.2, 0.25) is 0 Å². The van der Waals surface area contributed by atoms with E-state index in [9.17, 15) is 24.2 Å². The van der Waals surface area contributed by atoms with Gasteiger partial charge in [-0.15, -0.1) is 0 Å². The second-order valence-electron chi connectivity index (χ2n) is 7.86. The number of pyridine rings is 1. The monoisotopic (exact) mass is 609 g/mol. The first-order valence-corrected chi connectivity index (χ1v) is 13.1. The molecule has 39 heavy (non-hydrogen) atoms. The Bertz CT molecular complexity index is 1240. The Balaban J connectivity index is 0.000000996. The highest BCUT2D eigenvalue weighted by Gasteiger charge is 2.43. The van der Waals surface area contributed by atoms with Gasteiger partial charge in [0.25, 0.3) is 5.56 Å². The Morgan fingerprint density at radius 3 is 2.41 bits per heavy atom. The van der Waals surface area contributed by atoms with Crippen LogP contribution >= 0.6 is 27.6 Å². The summed E-state index contributed by atoms with van der Waals surface area (Å²) in [6, 6.07) is 2.64. The zero-order valence-corrected chi connectivity index (χ0v) is 23.7. The molecule has 1 aliphatic heterocycles. The smallest absolute Gasteiger partial charge is 0.333 e. The molecule has 4 rings (SSSR count). The Morgan fingerprint density at radius 1 is 1.15 bits per heavy atom.